The Morgan fingerprint density at radius 1 is 1.53 bits per heavy atom. The molecule has 1 atom stereocenters. The van der Waals surface area contributed by atoms with Crippen LogP contribution in [-0.2, 0) is 11.3 Å². The van der Waals surface area contributed by atoms with Gasteiger partial charge < -0.3 is 10.1 Å². The monoisotopic (exact) mass is 286 g/mol. The number of hydrogen-bond acceptors (Lipinski definition) is 3. The molecule has 0 amide bonds. The minimum atomic E-state index is -0.308. The van der Waals surface area contributed by atoms with E-state index in [2.05, 4.69) is 17.1 Å². The van der Waals surface area contributed by atoms with Gasteiger partial charge in [0.2, 0.25) is 0 Å². The summed E-state index contributed by atoms with van der Waals surface area (Å²) >= 11 is 5.82. The van der Waals surface area contributed by atoms with E-state index in [1.165, 1.54) is 0 Å². The zero-order chi connectivity index (χ0) is 13.7. The Morgan fingerprint density at radius 2 is 2.37 bits per heavy atom. The normalized spacial score (nSPS) is 20.7. The van der Waals surface area contributed by atoms with E-state index in [1.54, 1.807) is 18.2 Å². The summed E-state index contributed by atoms with van der Waals surface area (Å²) in [4.78, 5) is 2.25. The molecule has 1 aliphatic rings. The van der Waals surface area contributed by atoms with Crippen LogP contribution in [0, 0.1) is 5.82 Å². The molecule has 1 saturated heterocycles. The van der Waals surface area contributed by atoms with Gasteiger partial charge in [-0.25, -0.2) is 4.39 Å². The first kappa shape index (κ1) is 14.7. The number of rotatable bonds is 5. The SMILES string of the molecule is CCNCC1COCCN1Cc1cccc(Cl)c1F. The third-order valence-electron chi connectivity index (χ3n) is 3.38. The predicted octanol–water partition coefficient (Wildman–Crippen LogP) is 2.29. The van der Waals surface area contributed by atoms with Crippen molar-refractivity contribution in [1.82, 2.24) is 10.2 Å². The average Bonchev–Trinajstić information content (AvgIpc) is 2.43. The smallest absolute Gasteiger partial charge is 0.146 e. The van der Waals surface area contributed by atoms with Crippen LogP contribution in [0.2, 0.25) is 5.02 Å². The summed E-state index contributed by atoms with van der Waals surface area (Å²) < 4.78 is 19.4. The van der Waals surface area contributed by atoms with Gasteiger partial charge in [-0.3, -0.25) is 4.90 Å². The Morgan fingerprint density at radius 3 is 3.16 bits per heavy atom. The van der Waals surface area contributed by atoms with Gasteiger partial charge in [0.25, 0.3) is 0 Å². The lowest BCUT2D eigenvalue weighted by Gasteiger charge is -2.35. The van der Waals surface area contributed by atoms with Crippen LogP contribution in [0.3, 0.4) is 0 Å². The molecule has 0 saturated carbocycles. The number of ether oxygens (including phenoxy) is 1. The van der Waals surface area contributed by atoms with Crippen LogP contribution in [0.15, 0.2) is 18.2 Å². The first-order chi connectivity index (χ1) is 9.22. The second-order valence-electron chi connectivity index (χ2n) is 4.72. The maximum atomic E-state index is 13.9. The molecule has 0 spiro atoms. The van der Waals surface area contributed by atoms with Gasteiger partial charge in [-0.1, -0.05) is 30.7 Å². The van der Waals surface area contributed by atoms with E-state index < -0.39 is 0 Å². The van der Waals surface area contributed by atoms with Crippen LogP contribution in [0.25, 0.3) is 0 Å². The highest BCUT2D eigenvalue weighted by Gasteiger charge is 2.23. The maximum absolute atomic E-state index is 13.9. The summed E-state index contributed by atoms with van der Waals surface area (Å²) in [5.41, 5.74) is 0.649. The minimum Gasteiger partial charge on any atom is -0.378 e. The largest absolute Gasteiger partial charge is 0.378 e. The summed E-state index contributed by atoms with van der Waals surface area (Å²) in [6.07, 6.45) is 0. The van der Waals surface area contributed by atoms with E-state index in [9.17, 15) is 4.39 Å². The quantitative estimate of drug-likeness (QED) is 0.899. The summed E-state index contributed by atoms with van der Waals surface area (Å²) in [6, 6.07) is 5.45. The highest BCUT2D eigenvalue weighted by molar-refractivity contribution is 6.30. The molecular weight excluding hydrogens is 267 g/mol. The van der Waals surface area contributed by atoms with Crippen molar-refractivity contribution < 1.29 is 9.13 Å². The molecule has 1 aliphatic heterocycles. The Bertz CT molecular complexity index is 416. The third kappa shape index (κ3) is 3.89. The molecule has 5 heteroatoms. The van der Waals surface area contributed by atoms with Gasteiger partial charge >= 0.3 is 0 Å². The Hall–Kier alpha value is -0.680. The van der Waals surface area contributed by atoms with Crippen molar-refractivity contribution in [1.29, 1.82) is 0 Å². The van der Waals surface area contributed by atoms with E-state index in [4.69, 9.17) is 16.3 Å². The van der Waals surface area contributed by atoms with Crippen LogP contribution < -0.4 is 5.32 Å². The van der Waals surface area contributed by atoms with Gasteiger partial charge in [-0.15, -0.1) is 0 Å². The van der Waals surface area contributed by atoms with Gasteiger partial charge in [0.15, 0.2) is 0 Å². The zero-order valence-corrected chi connectivity index (χ0v) is 11.9. The molecule has 0 bridgehead atoms. The van der Waals surface area contributed by atoms with Crippen LogP contribution in [0.1, 0.15) is 12.5 Å². The van der Waals surface area contributed by atoms with Crippen LogP contribution in [0.5, 0.6) is 0 Å². The second-order valence-corrected chi connectivity index (χ2v) is 5.13. The predicted molar refractivity (Wildman–Crippen MR) is 75.0 cm³/mol. The fourth-order valence-electron chi connectivity index (χ4n) is 2.29. The molecule has 0 aliphatic carbocycles. The van der Waals surface area contributed by atoms with Crippen molar-refractivity contribution in [3.8, 4) is 0 Å². The number of benzene rings is 1. The molecule has 3 nitrogen and oxygen atoms in total. The Balaban J connectivity index is 2.04. The van der Waals surface area contributed by atoms with Crippen molar-refractivity contribution in [2.45, 2.75) is 19.5 Å². The lowest BCUT2D eigenvalue weighted by molar-refractivity contribution is -0.0111. The van der Waals surface area contributed by atoms with Crippen LogP contribution >= 0.6 is 11.6 Å². The second kappa shape index (κ2) is 7.20. The lowest BCUT2D eigenvalue weighted by atomic mass is 10.1. The summed E-state index contributed by atoms with van der Waals surface area (Å²) in [6.45, 7) is 6.65. The van der Waals surface area contributed by atoms with Crippen molar-refractivity contribution >= 4 is 11.6 Å². The molecule has 1 aromatic rings. The number of morpholine rings is 1. The molecule has 2 rings (SSSR count). The van der Waals surface area contributed by atoms with Gasteiger partial charge in [0.1, 0.15) is 5.82 Å². The third-order valence-corrected chi connectivity index (χ3v) is 3.68. The standard InChI is InChI=1S/C14H20ClFN2O/c1-2-17-8-12-10-19-7-6-18(12)9-11-4-3-5-13(15)14(11)16/h3-5,12,17H,2,6-10H2,1H3. The summed E-state index contributed by atoms with van der Waals surface area (Å²) in [7, 11) is 0. The highest BCUT2D eigenvalue weighted by atomic mass is 35.5. The van der Waals surface area contributed by atoms with E-state index in [-0.39, 0.29) is 16.9 Å². The molecule has 1 fully saturated rings. The number of likely N-dealkylation sites (N-methyl/N-ethyl adjacent to an activating group) is 1. The molecular formula is C14H20ClFN2O. The molecule has 106 valence electrons. The van der Waals surface area contributed by atoms with Crippen LogP contribution in [0.4, 0.5) is 4.39 Å². The van der Waals surface area contributed by atoms with E-state index >= 15 is 0 Å². The van der Waals surface area contributed by atoms with Gasteiger partial charge in [0, 0.05) is 31.2 Å². The number of hydrogen-bond donors (Lipinski definition) is 1. The number of nitrogens with one attached hydrogen (secondary N) is 1. The molecule has 19 heavy (non-hydrogen) atoms. The summed E-state index contributed by atoms with van der Waals surface area (Å²) in [5, 5.41) is 3.51. The van der Waals surface area contributed by atoms with Gasteiger partial charge in [0.05, 0.1) is 18.2 Å². The van der Waals surface area contributed by atoms with Crippen molar-refractivity contribution in [2.75, 3.05) is 32.8 Å². The van der Waals surface area contributed by atoms with E-state index in [0.29, 0.717) is 25.3 Å². The molecule has 0 aromatic heterocycles. The molecule has 1 N–H and O–H groups in total. The van der Waals surface area contributed by atoms with Crippen molar-refractivity contribution in [3.63, 3.8) is 0 Å². The van der Waals surface area contributed by atoms with E-state index in [0.717, 1.165) is 19.6 Å². The van der Waals surface area contributed by atoms with Crippen LogP contribution in [-0.4, -0.2) is 43.8 Å². The molecule has 1 heterocycles. The first-order valence-electron chi connectivity index (χ1n) is 6.67. The van der Waals surface area contributed by atoms with Gasteiger partial charge in [-0.05, 0) is 12.6 Å². The minimum absolute atomic E-state index is 0.189. The average molecular weight is 287 g/mol. The molecule has 1 unspecified atom stereocenters. The zero-order valence-electron chi connectivity index (χ0n) is 11.2. The van der Waals surface area contributed by atoms with Gasteiger partial charge in [-0.2, -0.15) is 0 Å². The van der Waals surface area contributed by atoms with E-state index in [1.807, 2.05) is 0 Å². The van der Waals surface area contributed by atoms with Crippen molar-refractivity contribution in [3.05, 3.63) is 34.6 Å². The molecule has 0 radical (unpaired) electrons. The number of nitrogens with zero attached hydrogens (tertiary/aromatic N) is 1. The number of halogens is 2. The Kier molecular flexibility index (Phi) is 5.58. The lowest BCUT2D eigenvalue weighted by Crippen LogP contribution is -2.49. The Labute approximate surface area is 118 Å². The van der Waals surface area contributed by atoms with Crippen molar-refractivity contribution in [2.24, 2.45) is 0 Å². The topological polar surface area (TPSA) is 24.5 Å². The maximum Gasteiger partial charge on any atom is 0.146 e. The molecule has 1 aromatic carbocycles. The fourth-order valence-corrected chi connectivity index (χ4v) is 2.48. The summed E-state index contributed by atoms with van der Waals surface area (Å²) in [5.74, 6) is -0.308. The first-order valence-corrected chi connectivity index (χ1v) is 7.05. The highest BCUT2D eigenvalue weighted by Crippen LogP contribution is 2.20. The fraction of sp³-hybridized carbons (Fsp3) is 0.571.